The van der Waals surface area contributed by atoms with Crippen molar-refractivity contribution in [1.82, 2.24) is 10.1 Å². The standard InChI is InChI=1S/C23H24BrClN4O3/c24-17-5-1-3-16(13-17)4-2-6-23-27-21(28-32-23)15-22(30)26-19-14-18(25)7-8-20(19)29-9-11-31-12-10-29/h1,3,5,7-8,13-14H,2,4,6,9-12,15H2,(H,26,30). The van der Waals surface area contributed by atoms with Crippen LogP contribution in [0.5, 0.6) is 0 Å². The summed E-state index contributed by atoms with van der Waals surface area (Å²) >= 11 is 9.65. The second-order valence-corrected chi connectivity index (χ2v) is 8.93. The molecule has 1 saturated heterocycles. The quantitative estimate of drug-likeness (QED) is 0.465. The highest BCUT2D eigenvalue weighted by Crippen LogP contribution is 2.30. The average molecular weight is 520 g/mol. The largest absolute Gasteiger partial charge is 0.378 e. The van der Waals surface area contributed by atoms with Gasteiger partial charge in [0.1, 0.15) is 0 Å². The van der Waals surface area contributed by atoms with E-state index < -0.39 is 0 Å². The van der Waals surface area contributed by atoms with Crippen LogP contribution in [0.4, 0.5) is 11.4 Å². The van der Waals surface area contributed by atoms with Gasteiger partial charge in [0.2, 0.25) is 11.8 Å². The van der Waals surface area contributed by atoms with Crippen molar-refractivity contribution in [3.05, 3.63) is 69.2 Å². The summed E-state index contributed by atoms with van der Waals surface area (Å²) in [5.41, 5.74) is 2.84. The van der Waals surface area contributed by atoms with Gasteiger partial charge in [-0.05, 0) is 48.7 Å². The Bertz CT molecular complexity index is 1070. The molecular formula is C23H24BrClN4O3. The van der Waals surface area contributed by atoms with Crippen LogP contribution in [0.3, 0.4) is 0 Å². The summed E-state index contributed by atoms with van der Waals surface area (Å²) in [6.07, 6.45) is 2.49. The van der Waals surface area contributed by atoms with Crippen LogP contribution in [0, 0.1) is 0 Å². The molecular weight excluding hydrogens is 496 g/mol. The van der Waals surface area contributed by atoms with Gasteiger partial charge in [0.15, 0.2) is 5.82 Å². The molecule has 1 aliphatic rings. The number of anilines is 2. The molecule has 1 aromatic heterocycles. The third-order valence-electron chi connectivity index (χ3n) is 5.16. The number of hydrogen-bond acceptors (Lipinski definition) is 6. The second kappa shape index (κ2) is 10.9. The number of carbonyl (C=O) groups excluding carboxylic acids is 1. The molecule has 0 atom stereocenters. The highest BCUT2D eigenvalue weighted by Gasteiger charge is 2.18. The summed E-state index contributed by atoms with van der Waals surface area (Å²) in [6.45, 7) is 2.84. The molecule has 9 heteroatoms. The molecule has 168 valence electrons. The van der Waals surface area contributed by atoms with Gasteiger partial charge in [-0.25, -0.2) is 0 Å². The molecule has 3 aromatic rings. The zero-order valence-corrected chi connectivity index (χ0v) is 19.9. The number of aryl methyl sites for hydroxylation is 2. The van der Waals surface area contributed by atoms with E-state index in [4.69, 9.17) is 20.9 Å². The van der Waals surface area contributed by atoms with E-state index in [1.54, 1.807) is 6.07 Å². The predicted molar refractivity (Wildman–Crippen MR) is 127 cm³/mol. The van der Waals surface area contributed by atoms with Crippen LogP contribution in [0.25, 0.3) is 0 Å². The van der Waals surface area contributed by atoms with E-state index in [-0.39, 0.29) is 12.3 Å². The summed E-state index contributed by atoms with van der Waals surface area (Å²) in [5, 5.41) is 7.46. The number of benzene rings is 2. The van der Waals surface area contributed by atoms with Gasteiger partial charge in [-0.2, -0.15) is 4.98 Å². The van der Waals surface area contributed by atoms with Crippen LogP contribution in [0.15, 0.2) is 51.5 Å². The van der Waals surface area contributed by atoms with E-state index in [2.05, 4.69) is 48.4 Å². The summed E-state index contributed by atoms with van der Waals surface area (Å²) in [7, 11) is 0. The topological polar surface area (TPSA) is 80.5 Å². The van der Waals surface area contributed by atoms with Gasteiger partial charge in [0, 0.05) is 29.0 Å². The first-order valence-corrected chi connectivity index (χ1v) is 11.7. The van der Waals surface area contributed by atoms with Gasteiger partial charge in [-0.3, -0.25) is 4.79 Å². The smallest absolute Gasteiger partial charge is 0.232 e. The van der Waals surface area contributed by atoms with Crippen molar-refractivity contribution in [3.8, 4) is 0 Å². The molecule has 0 unspecified atom stereocenters. The zero-order chi connectivity index (χ0) is 22.3. The molecule has 32 heavy (non-hydrogen) atoms. The van der Waals surface area contributed by atoms with Gasteiger partial charge in [0.25, 0.3) is 0 Å². The van der Waals surface area contributed by atoms with Crippen molar-refractivity contribution < 1.29 is 14.1 Å². The Balaban J connectivity index is 1.32. The number of carbonyl (C=O) groups is 1. The molecule has 2 aromatic carbocycles. The molecule has 0 aliphatic carbocycles. The molecule has 0 spiro atoms. The van der Waals surface area contributed by atoms with Crippen molar-refractivity contribution >= 4 is 44.8 Å². The van der Waals surface area contributed by atoms with E-state index in [9.17, 15) is 4.79 Å². The van der Waals surface area contributed by atoms with Crippen molar-refractivity contribution in [1.29, 1.82) is 0 Å². The van der Waals surface area contributed by atoms with Crippen LogP contribution in [0.1, 0.15) is 23.7 Å². The fourth-order valence-electron chi connectivity index (χ4n) is 3.63. The van der Waals surface area contributed by atoms with Gasteiger partial charge in [-0.15, -0.1) is 0 Å². The number of aromatic nitrogens is 2. The van der Waals surface area contributed by atoms with Gasteiger partial charge < -0.3 is 19.5 Å². The molecule has 4 rings (SSSR count). The number of morpholine rings is 1. The Morgan fingerprint density at radius 1 is 1.16 bits per heavy atom. The van der Waals surface area contributed by atoms with Crippen LogP contribution in [0.2, 0.25) is 5.02 Å². The first-order chi connectivity index (χ1) is 15.6. The fourth-order valence-corrected chi connectivity index (χ4v) is 4.24. The van der Waals surface area contributed by atoms with Gasteiger partial charge >= 0.3 is 0 Å². The van der Waals surface area contributed by atoms with E-state index in [1.165, 1.54) is 5.56 Å². The van der Waals surface area contributed by atoms with Gasteiger partial charge in [-0.1, -0.05) is 44.8 Å². The highest BCUT2D eigenvalue weighted by atomic mass is 79.9. The SMILES string of the molecule is O=C(Cc1noc(CCCc2cccc(Br)c2)n1)Nc1cc(Cl)ccc1N1CCOCC1. The Hall–Kier alpha value is -2.42. The van der Waals surface area contributed by atoms with Crippen molar-refractivity contribution in [2.75, 3.05) is 36.5 Å². The van der Waals surface area contributed by atoms with Crippen molar-refractivity contribution in [2.45, 2.75) is 25.7 Å². The molecule has 0 saturated carbocycles. The van der Waals surface area contributed by atoms with E-state index in [0.717, 1.165) is 36.1 Å². The third-order valence-corrected chi connectivity index (χ3v) is 5.89. The fraction of sp³-hybridized carbons (Fsp3) is 0.348. The molecule has 1 amide bonds. The number of hydrogen-bond donors (Lipinski definition) is 1. The minimum Gasteiger partial charge on any atom is -0.378 e. The zero-order valence-electron chi connectivity index (χ0n) is 17.5. The number of ether oxygens (including phenoxy) is 1. The summed E-state index contributed by atoms with van der Waals surface area (Å²) in [4.78, 5) is 19.2. The average Bonchev–Trinajstić information content (AvgIpc) is 3.21. The third kappa shape index (κ3) is 6.31. The Morgan fingerprint density at radius 2 is 2.00 bits per heavy atom. The number of rotatable bonds is 8. The maximum Gasteiger partial charge on any atom is 0.232 e. The molecule has 1 fully saturated rings. The lowest BCUT2D eigenvalue weighted by Crippen LogP contribution is -2.36. The summed E-state index contributed by atoms with van der Waals surface area (Å²) in [6, 6.07) is 13.7. The molecule has 7 nitrogen and oxygen atoms in total. The van der Waals surface area contributed by atoms with Crippen LogP contribution in [-0.2, 0) is 28.8 Å². The van der Waals surface area contributed by atoms with Gasteiger partial charge in [0.05, 0.1) is 31.0 Å². The van der Waals surface area contributed by atoms with Crippen molar-refractivity contribution in [2.24, 2.45) is 0 Å². The number of nitrogens with zero attached hydrogens (tertiary/aromatic N) is 3. The first-order valence-electron chi connectivity index (χ1n) is 10.5. The number of amides is 1. The normalized spacial score (nSPS) is 13.9. The minimum atomic E-state index is -0.219. The summed E-state index contributed by atoms with van der Waals surface area (Å²) < 4.78 is 11.8. The molecule has 1 N–H and O–H groups in total. The monoisotopic (exact) mass is 518 g/mol. The lowest BCUT2D eigenvalue weighted by molar-refractivity contribution is -0.115. The maximum atomic E-state index is 12.6. The number of nitrogens with one attached hydrogen (secondary N) is 1. The van der Waals surface area contributed by atoms with Crippen molar-refractivity contribution in [3.63, 3.8) is 0 Å². The Morgan fingerprint density at radius 3 is 2.81 bits per heavy atom. The Labute approximate surface area is 200 Å². The maximum absolute atomic E-state index is 12.6. The lowest BCUT2D eigenvalue weighted by atomic mass is 10.1. The molecule has 2 heterocycles. The summed E-state index contributed by atoms with van der Waals surface area (Å²) in [5.74, 6) is 0.692. The molecule has 0 bridgehead atoms. The lowest BCUT2D eigenvalue weighted by Gasteiger charge is -2.30. The second-order valence-electron chi connectivity index (χ2n) is 7.57. The van der Waals surface area contributed by atoms with E-state index in [0.29, 0.717) is 42.1 Å². The van der Waals surface area contributed by atoms with Crippen LogP contribution < -0.4 is 10.2 Å². The first kappa shape index (κ1) is 22.8. The highest BCUT2D eigenvalue weighted by molar-refractivity contribution is 9.10. The van der Waals surface area contributed by atoms with E-state index >= 15 is 0 Å². The predicted octanol–water partition coefficient (Wildman–Crippen LogP) is 4.68. The minimum absolute atomic E-state index is 0.0319. The molecule has 1 aliphatic heterocycles. The number of halogens is 2. The molecule has 0 radical (unpaired) electrons. The van der Waals surface area contributed by atoms with E-state index in [1.807, 2.05) is 24.3 Å². The Kier molecular flexibility index (Phi) is 7.78. The van der Waals surface area contributed by atoms with Crippen LogP contribution in [-0.4, -0.2) is 42.4 Å². The van der Waals surface area contributed by atoms with Crippen LogP contribution >= 0.6 is 27.5 Å².